The summed E-state index contributed by atoms with van der Waals surface area (Å²) in [6.07, 6.45) is -1.56. The highest BCUT2D eigenvalue weighted by Crippen LogP contribution is 2.45. The zero-order valence-corrected chi connectivity index (χ0v) is 12.8. The van der Waals surface area contributed by atoms with E-state index in [-0.39, 0.29) is 12.0 Å². The molecule has 0 amide bonds. The van der Waals surface area contributed by atoms with Crippen molar-refractivity contribution in [2.45, 2.75) is 43.6 Å². The molecule has 0 aromatic heterocycles. The minimum atomic E-state index is -4.43. The van der Waals surface area contributed by atoms with Crippen molar-refractivity contribution in [3.8, 4) is 0 Å². The average Bonchev–Trinajstić information content (AvgIpc) is 2.50. The summed E-state index contributed by atoms with van der Waals surface area (Å²) in [5, 5.41) is 0. The average molecular weight is 327 g/mol. The van der Waals surface area contributed by atoms with Gasteiger partial charge in [-0.15, -0.1) is 0 Å². The molecule has 0 spiro atoms. The molecule has 4 nitrogen and oxygen atoms in total. The Balaban J connectivity index is 2.09. The maximum absolute atomic E-state index is 13.1. The number of alkyl halides is 3. The van der Waals surface area contributed by atoms with E-state index in [1.54, 1.807) is 0 Å². The van der Waals surface area contributed by atoms with Gasteiger partial charge in [-0.2, -0.15) is 13.2 Å². The van der Waals surface area contributed by atoms with Crippen LogP contribution in [-0.4, -0.2) is 25.0 Å². The lowest BCUT2D eigenvalue weighted by molar-refractivity contribution is -0.137. The monoisotopic (exact) mass is 327 g/mol. The highest BCUT2D eigenvalue weighted by molar-refractivity contribution is 5.77. The summed E-state index contributed by atoms with van der Waals surface area (Å²) in [6.45, 7) is 2.47. The van der Waals surface area contributed by atoms with Gasteiger partial charge in [-0.3, -0.25) is 4.99 Å². The minimum Gasteiger partial charge on any atom is -0.378 e. The third-order valence-corrected chi connectivity index (χ3v) is 4.88. The first-order chi connectivity index (χ1) is 10.7. The van der Waals surface area contributed by atoms with Crippen LogP contribution in [0.2, 0.25) is 0 Å². The van der Waals surface area contributed by atoms with Crippen molar-refractivity contribution >= 4 is 11.9 Å². The highest BCUT2D eigenvalue weighted by Gasteiger charge is 2.47. The molecule has 0 bridgehead atoms. The fourth-order valence-electron chi connectivity index (χ4n) is 3.56. The fourth-order valence-corrected chi connectivity index (χ4v) is 3.56. The molecule has 2 heterocycles. The molecular formula is C16H20F3N3O. The number of halogens is 3. The van der Waals surface area contributed by atoms with Gasteiger partial charge in [0.2, 0.25) is 0 Å². The van der Waals surface area contributed by atoms with Crippen LogP contribution < -0.4 is 11.5 Å². The molecule has 126 valence electrons. The second-order valence-corrected chi connectivity index (χ2v) is 6.37. The number of ether oxygens (including phenoxy) is 1. The van der Waals surface area contributed by atoms with Crippen LogP contribution in [0.25, 0.3) is 0 Å². The van der Waals surface area contributed by atoms with Crippen LogP contribution in [-0.2, 0) is 16.5 Å². The van der Waals surface area contributed by atoms with E-state index >= 15 is 0 Å². The Labute approximate surface area is 132 Å². The normalized spacial score (nSPS) is 34.3. The molecule has 2 aliphatic rings. The van der Waals surface area contributed by atoms with Crippen molar-refractivity contribution in [2.24, 2.45) is 22.4 Å². The van der Waals surface area contributed by atoms with Crippen LogP contribution in [0.15, 0.2) is 23.2 Å². The zero-order chi connectivity index (χ0) is 16.8. The highest BCUT2D eigenvalue weighted by atomic mass is 19.4. The second-order valence-electron chi connectivity index (χ2n) is 6.37. The smallest absolute Gasteiger partial charge is 0.378 e. The predicted molar refractivity (Wildman–Crippen MR) is 81.6 cm³/mol. The third kappa shape index (κ3) is 2.77. The van der Waals surface area contributed by atoms with Gasteiger partial charge in [0.15, 0.2) is 0 Å². The summed E-state index contributed by atoms with van der Waals surface area (Å²) in [5.74, 6) is -0.0600. The maximum Gasteiger partial charge on any atom is 0.416 e. The Morgan fingerprint density at radius 3 is 2.74 bits per heavy atom. The van der Waals surface area contributed by atoms with E-state index in [4.69, 9.17) is 16.2 Å². The van der Waals surface area contributed by atoms with Crippen molar-refractivity contribution in [3.05, 3.63) is 29.3 Å². The zero-order valence-electron chi connectivity index (χ0n) is 12.8. The van der Waals surface area contributed by atoms with Crippen molar-refractivity contribution in [3.63, 3.8) is 0 Å². The van der Waals surface area contributed by atoms with Crippen molar-refractivity contribution in [1.82, 2.24) is 0 Å². The fraction of sp³-hybridized carbons (Fsp3) is 0.562. The molecule has 4 atom stereocenters. The van der Waals surface area contributed by atoms with Gasteiger partial charge in [0, 0.05) is 18.4 Å². The van der Waals surface area contributed by atoms with Crippen molar-refractivity contribution < 1.29 is 17.9 Å². The lowest BCUT2D eigenvalue weighted by Crippen LogP contribution is -2.60. The molecule has 4 N–H and O–H groups in total. The van der Waals surface area contributed by atoms with E-state index < -0.39 is 23.3 Å². The van der Waals surface area contributed by atoms with Crippen LogP contribution in [0.4, 0.5) is 18.9 Å². The van der Waals surface area contributed by atoms with E-state index in [1.807, 2.05) is 6.92 Å². The van der Waals surface area contributed by atoms with E-state index in [9.17, 15) is 13.2 Å². The van der Waals surface area contributed by atoms with Crippen molar-refractivity contribution in [1.29, 1.82) is 0 Å². The number of aliphatic imine (C=N–C) groups is 1. The van der Waals surface area contributed by atoms with Crippen LogP contribution in [0.3, 0.4) is 0 Å². The second kappa shape index (κ2) is 5.58. The number of hydrogen-bond acceptors (Lipinski definition) is 4. The summed E-state index contributed by atoms with van der Waals surface area (Å²) in [4.78, 5) is 4.18. The molecule has 1 aromatic carbocycles. The number of benzene rings is 1. The van der Waals surface area contributed by atoms with Gasteiger partial charge in [-0.05, 0) is 43.9 Å². The summed E-state index contributed by atoms with van der Waals surface area (Å²) in [5.41, 5.74) is 11.8. The van der Waals surface area contributed by atoms with E-state index in [0.717, 1.165) is 12.1 Å². The van der Waals surface area contributed by atoms with E-state index in [0.29, 0.717) is 30.7 Å². The topological polar surface area (TPSA) is 73.6 Å². The largest absolute Gasteiger partial charge is 0.416 e. The Morgan fingerprint density at radius 2 is 2.09 bits per heavy atom. The van der Waals surface area contributed by atoms with E-state index in [2.05, 4.69) is 4.99 Å². The molecule has 1 fully saturated rings. The lowest BCUT2D eigenvalue weighted by atomic mass is 9.68. The number of rotatable bonds is 1. The number of fused-ring (bicyclic) bond motifs is 1. The Kier molecular flexibility index (Phi) is 3.98. The standard InChI is InChI=1S/C16H20F3N3O/c1-9-6-10(4-5-23-9)15(21)12-7-11(16(17,18)19)2-3-13(12)22-8-14(15)20/h2-3,7-10,14H,4-6,20-21H2,1H3/t9-,10-,14?,15?/m1/s1. The molecule has 1 aromatic rings. The molecule has 3 rings (SSSR count). The summed E-state index contributed by atoms with van der Waals surface area (Å²) in [6, 6.07) is 2.87. The van der Waals surface area contributed by atoms with Crippen LogP contribution in [0, 0.1) is 5.92 Å². The van der Waals surface area contributed by atoms with Gasteiger partial charge in [-0.1, -0.05) is 0 Å². The Bertz CT molecular complexity index is 631. The molecule has 0 aliphatic carbocycles. The van der Waals surface area contributed by atoms with E-state index in [1.165, 1.54) is 12.3 Å². The van der Waals surface area contributed by atoms with Crippen LogP contribution in [0.1, 0.15) is 30.9 Å². The first kappa shape index (κ1) is 16.4. The molecule has 2 aliphatic heterocycles. The molecule has 0 saturated carbocycles. The summed E-state index contributed by atoms with van der Waals surface area (Å²) < 4.78 is 44.8. The number of hydrogen-bond donors (Lipinski definition) is 2. The van der Waals surface area contributed by atoms with Gasteiger partial charge in [0.05, 0.1) is 28.9 Å². The molecule has 23 heavy (non-hydrogen) atoms. The van der Waals surface area contributed by atoms with Gasteiger partial charge in [0.25, 0.3) is 0 Å². The van der Waals surface area contributed by atoms with Gasteiger partial charge in [0.1, 0.15) is 0 Å². The first-order valence-electron chi connectivity index (χ1n) is 7.65. The SMILES string of the molecule is C[C@@H]1C[C@H](C2(N)c3cc(C(F)(F)F)ccc3N=CC2N)CCO1. The molecule has 7 heteroatoms. The number of nitrogens with two attached hydrogens (primary N) is 2. The maximum atomic E-state index is 13.1. The third-order valence-electron chi connectivity index (χ3n) is 4.88. The molecular weight excluding hydrogens is 307 g/mol. The van der Waals surface area contributed by atoms with Crippen LogP contribution >= 0.6 is 0 Å². The Hall–Kier alpha value is -1.44. The van der Waals surface area contributed by atoms with Gasteiger partial charge in [-0.25, -0.2) is 0 Å². The lowest BCUT2D eigenvalue weighted by Gasteiger charge is -2.46. The van der Waals surface area contributed by atoms with Gasteiger partial charge < -0.3 is 16.2 Å². The predicted octanol–water partition coefficient (Wildman–Crippen LogP) is 2.72. The quantitative estimate of drug-likeness (QED) is 0.833. The van der Waals surface area contributed by atoms with Crippen molar-refractivity contribution in [2.75, 3.05) is 6.61 Å². The number of nitrogens with zero attached hydrogens (tertiary/aromatic N) is 1. The first-order valence-corrected chi connectivity index (χ1v) is 7.65. The van der Waals surface area contributed by atoms with Gasteiger partial charge >= 0.3 is 6.18 Å². The Morgan fingerprint density at radius 1 is 1.35 bits per heavy atom. The summed E-state index contributed by atoms with van der Waals surface area (Å²) >= 11 is 0. The minimum absolute atomic E-state index is 0.00879. The summed E-state index contributed by atoms with van der Waals surface area (Å²) in [7, 11) is 0. The molecule has 1 saturated heterocycles. The van der Waals surface area contributed by atoms with Crippen LogP contribution in [0.5, 0.6) is 0 Å². The molecule has 0 radical (unpaired) electrons. The molecule has 2 unspecified atom stereocenters.